The summed E-state index contributed by atoms with van der Waals surface area (Å²) < 4.78 is 27.1. The minimum absolute atomic E-state index is 0.0626. The lowest BCUT2D eigenvalue weighted by molar-refractivity contribution is 0.169. The molecule has 1 saturated carbocycles. The van der Waals surface area contributed by atoms with Crippen molar-refractivity contribution < 1.29 is 12.6 Å². The zero-order chi connectivity index (χ0) is 10.8. The third kappa shape index (κ3) is 4.96. The summed E-state index contributed by atoms with van der Waals surface area (Å²) >= 11 is 0. The standard InChI is InChI=1S/C10H20O3S/c1-8(2)4-7-10(9-5-6-9)13-14(3,11)12/h8-10H,4-7H2,1-3H3. The van der Waals surface area contributed by atoms with Gasteiger partial charge in [0.15, 0.2) is 0 Å². The molecule has 1 fully saturated rings. The van der Waals surface area contributed by atoms with Gasteiger partial charge in [-0.2, -0.15) is 8.42 Å². The van der Waals surface area contributed by atoms with Crippen molar-refractivity contribution in [3.8, 4) is 0 Å². The van der Waals surface area contributed by atoms with E-state index in [4.69, 9.17) is 4.18 Å². The summed E-state index contributed by atoms with van der Waals surface area (Å²) in [5.74, 6) is 1.10. The van der Waals surface area contributed by atoms with E-state index >= 15 is 0 Å². The molecule has 0 amide bonds. The molecular formula is C10H20O3S. The van der Waals surface area contributed by atoms with Crippen LogP contribution in [0.4, 0.5) is 0 Å². The maximum atomic E-state index is 11.0. The molecule has 0 heterocycles. The van der Waals surface area contributed by atoms with Gasteiger partial charge in [0, 0.05) is 0 Å². The van der Waals surface area contributed by atoms with Crippen LogP contribution in [0.5, 0.6) is 0 Å². The van der Waals surface area contributed by atoms with E-state index in [1.165, 1.54) is 0 Å². The summed E-state index contributed by atoms with van der Waals surface area (Å²) in [5, 5.41) is 0. The van der Waals surface area contributed by atoms with E-state index in [1.807, 2.05) is 0 Å². The Morgan fingerprint density at radius 3 is 2.21 bits per heavy atom. The van der Waals surface area contributed by atoms with E-state index in [-0.39, 0.29) is 6.10 Å². The van der Waals surface area contributed by atoms with Gasteiger partial charge in [-0.05, 0) is 37.5 Å². The Kier molecular flexibility index (Phi) is 3.95. The number of rotatable bonds is 6. The molecule has 0 spiro atoms. The predicted molar refractivity (Wildman–Crippen MR) is 56.5 cm³/mol. The number of hydrogen-bond donors (Lipinski definition) is 0. The molecule has 1 rings (SSSR count). The minimum atomic E-state index is -3.28. The minimum Gasteiger partial charge on any atom is -0.267 e. The summed E-state index contributed by atoms with van der Waals surface area (Å²) in [4.78, 5) is 0. The zero-order valence-electron chi connectivity index (χ0n) is 9.19. The Hall–Kier alpha value is -0.0900. The molecule has 0 aromatic heterocycles. The summed E-state index contributed by atoms with van der Waals surface area (Å²) in [7, 11) is -3.28. The van der Waals surface area contributed by atoms with E-state index in [9.17, 15) is 8.42 Å². The van der Waals surface area contributed by atoms with Crippen LogP contribution in [0.1, 0.15) is 39.5 Å². The fourth-order valence-corrected chi connectivity index (χ4v) is 2.25. The largest absolute Gasteiger partial charge is 0.267 e. The normalized spacial score (nSPS) is 20.0. The monoisotopic (exact) mass is 220 g/mol. The van der Waals surface area contributed by atoms with Crippen molar-refractivity contribution in [2.45, 2.75) is 45.6 Å². The first kappa shape index (κ1) is 12.0. The van der Waals surface area contributed by atoms with Gasteiger partial charge in [-0.3, -0.25) is 4.18 Å². The van der Waals surface area contributed by atoms with E-state index in [2.05, 4.69) is 13.8 Å². The highest BCUT2D eigenvalue weighted by atomic mass is 32.2. The van der Waals surface area contributed by atoms with E-state index < -0.39 is 10.1 Å². The van der Waals surface area contributed by atoms with Gasteiger partial charge in [0.2, 0.25) is 0 Å². The van der Waals surface area contributed by atoms with Crippen molar-refractivity contribution in [2.75, 3.05) is 6.26 Å². The van der Waals surface area contributed by atoms with Crippen molar-refractivity contribution in [3.05, 3.63) is 0 Å². The molecule has 0 aromatic rings. The van der Waals surface area contributed by atoms with Gasteiger partial charge in [-0.25, -0.2) is 0 Å². The molecule has 14 heavy (non-hydrogen) atoms. The van der Waals surface area contributed by atoms with Crippen molar-refractivity contribution in [3.63, 3.8) is 0 Å². The van der Waals surface area contributed by atoms with Crippen LogP contribution < -0.4 is 0 Å². The van der Waals surface area contributed by atoms with Crippen LogP contribution in [-0.4, -0.2) is 20.8 Å². The molecule has 84 valence electrons. The first-order valence-electron chi connectivity index (χ1n) is 5.26. The molecule has 4 heteroatoms. The highest BCUT2D eigenvalue weighted by molar-refractivity contribution is 7.86. The summed E-state index contributed by atoms with van der Waals surface area (Å²) in [6, 6.07) is 0. The van der Waals surface area contributed by atoms with Crippen molar-refractivity contribution in [1.29, 1.82) is 0 Å². The molecule has 3 nitrogen and oxygen atoms in total. The van der Waals surface area contributed by atoms with Crippen LogP contribution in [0.3, 0.4) is 0 Å². The van der Waals surface area contributed by atoms with Gasteiger partial charge in [-0.15, -0.1) is 0 Å². The highest BCUT2D eigenvalue weighted by Crippen LogP contribution is 2.37. The Balaban J connectivity index is 2.39. The quantitative estimate of drug-likeness (QED) is 0.644. The molecule has 0 radical (unpaired) electrons. The van der Waals surface area contributed by atoms with Crippen LogP contribution in [-0.2, 0) is 14.3 Å². The highest BCUT2D eigenvalue weighted by Gasteiger charge is 2.33. The van der Waals surface area contributed by atoms with Crippen molar-refractivity contribution in [2.24, 2.45) is 11.8 Å². The predicted octanol–water partition coefficient (Wildman–Crippen LogP) is 2.18. The molecular weight excluding hydrogens is 200 g/mol. The Morgan fingerprint density at radius 1 is 1.29 bits per heavy atom. The van der Waals surface area contributed by atoms with E-state index in [1.54, 1.807) is 0 Å². The van der Waals surface area contributed by atoms with Crippen LogP contribution in [0.2, 0.25) is 0 Å². The molecule has 1 unspecified atom stereocenters. The molecule has 0 aromatic carbocycles. The molecule has 0 N–H and O–H groups in total. The van der Waals surface area contributed by atoms with Crippen molar-refractivity contribution >= 4 is 10.1 Å². The lowest BCUT2D eigenvalue weighted by Crippen LogP contribution is -2.20. The average molecular weight is 220 g/mol. The second kappa shape index (κ2) is 4.62. The fraction of sp³-hybridized carbons (Fsp3) is 1.00. The first-order chi connectivity index (χ1) is 6.38. The third-order valence-electron chi connectivity index (χ3n) is 2.47. The Labute approximate surface area is 87.0 Å². The summed E-state index contributed by atoms with van der Waals surface area (Å²) in [5.41, 5.74) is 0. The van der Waals surface area contributed by atoms with Gasteiger partial charge in [0.1, 0.15) is 0 Å². The van der Waals surface area contributed by atoms with Crippen LogP contribution in [0, 0.1) is 11.8 Å². The average Bonchev–Trinajstić information content (AvgIpc) is 2.77. The molecule has 1 atom stereocenters. The molecule has 1 aliphatic rings. The third-order valence-corrected chi connectivity index (χ3v) is 3.07. The lowest BCUT2D eigenvalue weighted by Gasteiger charge is -2.16. The first-order valence-corrected chi connectivity index (χ1v) is 7.08. The lowest BCUT2D eigenvalue weighted by atomic mass is 10.0. The molecule has 1 aliphatic carbocycles. The topological polar surface area (TPSA) is 43.4 Å². The Bertz CT molecular complexity index is 265. The van der Waals surface area contributed by atoms with E-state index in [0.717, 1.165) is 31.9 Å². The van der Waals surface area contributed by atoms with E-state index in [0.29, 0.717) is 11.8 Å². The Morgan fingerprint density at radius 2 is 1.86 bits per heavy atom. The second-order valence-electron chi connectivity index (χ2n) is 4.65. The second-order valence-corrected chi connectivity index (χ2v) is 6.25. The smallest absolute Gasteiger partial charge is 0.264 e. The van der Waals surface area contributed by atoms with Crippen LogP contribution in [0.25, 0.3) is 0 Å². The van der Waals surface area contributed by atoms with Gasteiger partial charge < -0.3 is 0 Å². The van der Waals surface area contributed by atoms with Crippen molar-refractivity contribution in [1.82, 2.24) is 0 Å². The van der Waals surface area contributed by atoms with Crippen LogP contribution in [0.15, 0.2) is 0 Å². The van der Waals surface area contributed by atoms with Gasteiger partial charge in [0.05, 0.1) is 12.4 Å². The van der Waals surface area contributed by atoms with Crippen LogP contribution >= 0.6 is 0 Å². The SMILES string of the molecule is CC(C)CCC(OS(C)(=O)=O)C1CC1. The summed E-state index contributed by atoms with van der Waals surface area (Å²) in [6.07, 6.45) is 5.23. The van der Waals surface area contributed by atoms with Gasteiger partial charge >= 0.3 is 0 Å². The maximum Gasteiger partial charge on any atom is 0.264 e. The van der Waals surface area contributed by atoms with Gasteiger partial charge in [-0.1, -0.05) is 13.8 Å². The zero-order valence-corrected chi connectivity index (χ0v) is 10.0. The maximum absolute atomic E-state index is 11.0. The fourth-order valence-electron chi connectivity index (χ4n) is 1.55. The number of hydrogen-bond acceptors (Lipinski definition) is 3. The summed E-state index contributed by atoms with van der Waals surface area (Å²) in [6.45, 7) is 4.29. The van der Waals surface area contributed by atoms with Gasteiger partial charge in [0.25, 0.3) is 10.1 Å². The molecule has 0 saturated heterocycles. The molecule has 0 aliphatic heterocycles. The molecule has 0 bridgehead atoms.